The van der Waals surface area contributed by atoms with Gasteiger partial charge in [0, 0.05) is 28.6 Å². The molecule has 0 radical (unpaired) electrons. The van der Waals surface area contributed by atoms with Gasteiger partial charge in [-0.2, -0.15) is 0 Å². The van der Waals surface area contributed by atoms with Crippen LogP contribution in [0.15, 0.2) is 54.6 Å². The Morgan fingerprint density at radius 1 is 0.786 bits per heavy atom. The Morgan fingerprint density at radius 3 is 2.14 bits per heavy atom. The van der Waals surface area contributed by atoms with Gasteiger partial charge in [0.1, 0.15) is 11.3 Å². The van der Waals surface area contributed by atoms with Gasteiger partial charge in [0.05, 0.1) is 10.5 Å². The topological polar surface area (TPSA) is 130 Å². The number of para-hydroxylation sites is 1. The quantitative estimate of drug-likeness (QED) is 0.368. The second-order valence-electron chi connectivity index (χ2n) is 6.18. The molecule has 1 aliphatic carbocycles. The van der Waals surface area contributed by atoms with Gasteiger partial charge in [-0.25, -0.2) is 0 Å². The molecule has 138 valence electrons. The highest BCUT2D eigenvalue weighted by Gasteiger charge is 2.39. The van der Waals surface area contributed by atoms with Crippen LogP contribution in [0.4, 0.5) is 17.1 Å². The van der Waals surface area contributed by atoms with E-state index in [2.05, 4.69) is 5.32 Å². The number of phenols is 2. The van der Waals surface area contributed by atoms with Gasteiger partial charge in [0.25, 0.3) is 0 Å². The average molecular weight is 376 g/mol. The van der Waals surface area contributed by atoms with E-state index in [1.807, 2.05) is 6.07 Å². The first-order chi connectivity index (χ1) is 13.4. The summed E-state index contributed by atoms with van der Waals surface area (Å²) in [4.78, 5) is 36.2. The number of aromatic hydroxyl groups is 2. The lowest BCUT2D eigenvalue weighted by atomic mass is 9.82. The van der Waals surface area contributed by atoms with Gasteiger partial charge in [0.15, 0.2) is 11.5 Å². The van der Waals surface area contributed by atoms with E-state index in [0.29, 0.717) is 11.4 Å². The first-order valence-electron chi connectivity index (χ1n) is 8.17. The van der Waals surface area contributed by atoms with E-state index in [4.69, 9.17) is 0 Å². The molecule has 0 amide bonds. The number of hydrogen-bond acceptors (Lipinski definition) is 7. The van der Waals surface area contributed by atoms with Crippen LogP contribution >= 0.6 is 0 Å². The van der Waals surface area contributed by atoms with Gasteiger partial charge >= 0.3 is 5.69 Å². The van der Waals surface area contributed by atoms with E-state index < -0.39 is 39.2 Å². The lowest BCUT2D eigenvalue weighted by molar-refractivity contribution is -0.386. The zero-order chi connectivity index (χ0) is 20.0. The van der Waals surface area contributed by atoms with E-state index in [1.165, 1.54) is 12.1 Å². The van der Waals surface area contributed by atoms with Crippen molar-refractivity contribution in [2.24, 2.45) is 0 Å². The van der Waals surface area contributed by atoms with Crippen molar-refractivity contribution in [1.82, 2.24) is 0 Å². The molecular weight excluding hydrogens is 364 g/mol. The Labute approximate surface area is 157 Å². The summed E-state index contributed by atoms with van der Waals surface area (Å²) in [6.45, 7) is 0. The number of fused-ring (bicyclic) bond motifs is 2. The first kappa shape index (κ1) is 17.2. The Balaban J connectivity index is 1.90. The Morgan fingerprint density at radius 2 is 1.46 bits per heavy atom. The standard InChI is InChI=1S/C20H12N2O6/c23-14-7-6-12-17(18(14)22(27)28)20(26)13-8-11(9-15(24)16(13)19(12)25)21-10-4-2-1-3-5-10/h1-9,21,23-24H. The van der Waals surface area contributed by atoms with Gasteiger partial charge in [0.2, 0.25) is 5.78 Å². The fourth-order valence-corrected chi connectivity index (χ4v) is 3.26. The van der Waals surface area contributed by atoms with Crippen LogP contribution in [0.1, 0.15) is 31.8 Å². The number of benzene rings is 3. The van der Waals surface area contributed by atoms with Gasteiger partial charge in [-0.15, -0.1) is 0 Å². The minimum Gasteiger partial charge on any atom is -0.507 e. The third-order valence-corrected chi connectivity index (χ3v) is 4.46. The van der Waals surface area contributed by atoms with Crippen molar-refractivity contribution in [3.63, 3.8) is 0 Å². The molecule has 8 heteroatoms. The number of carbonyl (C=O) groups is 2. The fraction of sp³-hybridized carbons (Fsp3) is 0. The summed E-state index contributed by atoms with van der Waals surface area (Å²) >= 11 is 0. The van der Waals surface area contributed by atoms with Crippen LogP contribution in [0.25, 0.3) is 0 Å². The summed E-state index contributed by atoms with van der Waals surface area (Å²) in [5, 5.41) is 34.5. The highest BCUT2D eigenvalue weighted by atomic mass is 16.6. The summed E-state index contributed by atoms with van der Waals surface area (Å²) in [5.74, 6) is -2.68. The summed E-state index contributed by atoms with van der Waals surface area (Å²) in [5.41, 5.74) is -0.946. The molecule has 4 rings (SSSR count). The lowest BCUT2D eigenvalue weighted by Gasteiger charge is -2.20. The number of nitro groups is 1. The van der Waals surface area contributed by atoms with Crippen LogP contribution in [0, 0.1) is 10.1 Å². The molecule has 0 bridgehead atoms. The predicted octanol–water partition coefficient (Wildman–Crippen LogP) is 3.53. The number of hydrogen-bond donors (Lipinski definition) is 3. The largest absolute Gasteiger partial charge is 0.507 e. The minimum atomic E-state index is -0.906. The summed E-state index contributed by atoms with van der Waals surface area (Å²) < 4.78 is 0. The van der Waals surface area contributed by atoms with Crippen molar-refractivity contribution < 1.29 is 24.7 Å². The second kappa shape index (κ2) is 6.20. The zero-order valence-corrected chi connectivity index (χ0v) is 14.2. The number of phenolic OH excluding ortho intramolecular Hbond substituents is 2. The number of carbonyl (C=O) groups excluding carboxylic acids is 2. The van der Waals surface area contributed by atoms with Crippen LogP contribution in [0.2, 0.25) is 0 Å². The molecule has 0 saturated heterocycles. The van der Waals surface area contributed by atoms with Gasteiger partial charge in [-0.3, -0.25) is 19.7 Å². The number of rotatable bonds is 3. The van der Waals surface area contributed by atoms with E-state index in [9.17, 15) is 29.9 Å². The normalized spacial score (nSPS) is 12.3. The molecule has 0 saturated carbocycles. The molecule has 0 heterocycles. The molecular formula is C20H12N2O6. The molecule has 3 aromatic carbocycles. The van der Waals surface area contributed by atoms with Gasteiger partial charge < -0.3 is 15.5 Å². The summed E-state index contributed by atoms with van der Waals surface area (Å²) in [6.07, 6.45) is 0. The highest BCUT2D eigenvalue weighted by Crippen LogP contribution is 2.41. The Bertz CT molecular complexity index is 1170. The monoisotopic (exact) mass is 376 g/mol. The first-order valence-corrected chi connectivity index (χ1v) is 8.17. The van der Waals surface area contributed by atoms with Crippen molar-refractivity contribution in [1.29, 1.82) is 0 Å². The molecule has 3 aromatic rings. The van der Waals surface area contributed by atoms with E-state index in [1.54, 1.807) is 24.3 Å². The van der Waals surface area contributed by atoms with E-state index in [0.717, 1.165) is 12.1 Å². The van der Waals surface area contributed by atoms with Crippen LogP contribution in [0.3, 0.4) is 0 Å². The molecule has 28 heavy (non-hydrogen) atoms. The molecule has 8 nitrogen and oxygen atoms in total. The van der Waals surface area contributed by atoms with Crippen molar-refractivity contribution in [2.45, 2.75) is 0 Å². The smallest absolute Gasteiger partial charge is 0.322 e. The van der Waals surface area contributed by atoms with E-state index >= 15 is 0 Å². The number of anilines is 2. The maximum Gasteiger partial charge on any atom is 0.322 e. The SMILES string of the molecule is O=C1c2ccc(O)c([N+](=O)[O-])c2C(=O)c2cc(Nc3ccccc3)cc(O)c21. The van der Waals surface area contributed by atoms with Crippen molar-refractivity contribution in [3.05, 3.63) is 87.0 Å². The molecule has 0 fully saturated rings. The van der Waals surface area contributed by atoms with Gasteiger partial charge in [-0.1, -0.05) is 18.2 Å². The van der Waals surface area contributed by atoms with Crippen molar-refractivity contribution in [3.8, 4) is 11.5 Å². The van der Waals surface area contributed by atoms with Crippen LogP contribution in [-0.2, 0) is 0 Å². The molecule has 0 aliphatic heterocycles. The van der Waals surface area contributed by atoms with Crippen molar-refractivity contribution in [2.75, 3.05) is 5.32 Å². The van der Waals surface area contributed by atoms with Crippen LogP contribution in [-0.4, -0.2) is 26.7 Å². The lowest BCUT2D eigenvalue weighted by Crippen LogP contribution is -2.22. The molecule has 0 spiro atoms. The highest BCUT2D eigenvalue weighted by molar-refractivity contribution is 6.31. The summed E-state index contributed by atoms with van der Waals surface area (Å²) in [7, 11) is 0. The van der Waals surface area contributed by atoms with Crippen LogP contribution in [0.5, 0.6) is 11.5 Å². The Kier molecular flexibility index (Phi) is 3.82. The predicted molar refractivity (Wildman–Crippen MR) is 99.5 cm³/mol. The van der Waals surface area contributed by atoms with Gasteiger partial charge in [-0.05, 0) is 30.3 Å². The molecule has 1 aliphatic rings. The maximum atomic E-state index is 13.0. The minimum absolute atomic E-state index is 0.176. The third-order valence-electron chi connectivity index (χ3n) is 4.46. The average Bonchev–Trinajstić information content (AvgIpc) is 2.66. The number of nitrogens with one attached hydrogen (secondary N) is 1. The molecule has 0 atom stereocenters. The maximum absolute atomic E-state index is 13.0. The fourth-order valence-electron chi connectivity index (χ4n) is 3.26. The molecule has 0 aromatic heterocycles. The zero-order valence-electron chi connectivity index (χ0n) is 14.2. The number of ketones is 2. The van der Waals surface area contributed by atoms with Crippen molar-refractivity contribution >= 4 is 28.6 Å². The second-order valence-corrected chi connectivity index (χ2v) is 6.18. The van der Waals surface area contributed by atoms with Crippen LogP contribution < -0.4 is 5.32 Å². The summed E-state index contributed by atoms with van der Waals surface area (Å²) in [6, 6.07) is 13.7. The number of nitro benzene ring substituents is 1. The number of nitrogens with zero attached hydrogens (tertiary/aromatic N) is 1. The Hall–Kier alpha value is -4.20. The van der Waals surface area contributed by atoms with E-state index in [-0.39, 0.29) is 16.7 Å². The third kappa shape index (κ3) is 2.55. The molecule has 3 N–H and O–H groups in total. The molecule has 0 unspecified atom stereocenters.